The first-order chi connectivity index (χ1) is 17.3. The summed E-state index contributed by atoms with van der Waals surface area (Å²) < 4.78 is 1.09. The van der Waals surface area contributed by atoms with E-state index in [0.29, 0.717) is 31.5 Å². The Labute approximate surface area is 229 Å². The minimum absolute atomic E-state index is 0.107. The normalized spacial score (nSPS) is 18.3. The Balaban J connectivity index is 1.21. The molecule has 10 heteroatoms. The van der Waals surface area contributed by atoms with Crippen molar-refractivity contribution in [2.24, 2.45) is 0 Å². The number of rotatable bonds is 9. The number of carbonyl (C=O) groups is 2. The summed E-state index contributed by atoms with van der Waals surface area (Å²) in [7, 11) is 0. The third kappa shape index (κ3) is 6.56. The number of phenols is 2. The molecule has 2 aromatic carbocycles. The second-order valence-electron chi connectivity index (χ2n) is 8.27. The van der Waals surface area contributed by atoms with Gasteiger partial charge in [0.25, 0.3) is 11.8 Å². The van der Waals surface area contributed by atoms with Gasteiger partial charge in [0.2, 0.25) is 0 Å². The molecular weight excluding hydrogens is 533 g/mol. The molecule has 2 aliphatic heterocycles. The Morgan fingerprint density at radius 1 is 0.694 bits per heavy atom. The predicted molar refractivity (Wildman–Crippen MR) is 154 cm³/mol. The average Bonchev–Trinajstić information content (AvgIpc) is 3.24. The molecular formula is C26H24N2O4S4. The summed E-state index contributed by atoms with van der Waals surface area (Å²) in [6.07, 6.45) is 6.91. The Bertz CT molecular complexity index is 1180. The molecule has 186 valence electrons. The van der Waals surface area contributed by atoms with Gasteiger partial charge >= 0.3 is 0 Å². The highest BCUT2D eigenvalue weighted by molar-refractivity contribution is 8.27. The van der Waals surface area contributed by atoms with Crippen molar-refractivity contribution in [1.29, 1.82) is 0 Å². The molecule has 2 amide bonds. The van der Waals surface area contributed by atoms with Gasteiger partial charge in [0.1, 0.15) is 20.1 Å². The third-order valence-electron chi connectivity index (χ3n) is 5.60. The topological polar surface area (TPSA) is 81.1 Å². The standard InChI is InChI=1S/C26H24N2O4S4/c29-19-9-5-7-17(13-19)15-21-23(31)27(25(33)35-21)11-3-1-2-4-12-28-24(32)22(36-26(28)34)16-18-8-6-10-20(30)14-18/h5-10,13-16,29-30H,1-4,11-12H2/b21-15+,22-16+. The predicted octanol–water partition coefficient (Wildman–Crippen LogP) is 5.76. The number of phenolic OH excluding ortho intramolecular Hbond substituents is 2. The Morgan fingerprint density at radius 3 is 1.50 bits per heavy atom. The second-order valence-corrected chi connectivity index (χ2v) is 11.6. The lowest BCUT2D eigenvalue weighted by molar-refractivity contribution is -0.123. The summed E-state index contributed by atoms with van der Waals surface area (Å²) in [6, 6.07) is 13.5. The van der Waals surface area contributed by atoms with Crippen LogP contribution in [0.25, 0.3) is 12.2 Å². The first-order valence-corrected chi connectivity index (χ1v) is 13.9. The summed E-state index contributed by atoms with van der Waals surface area (Å²) in [5, 5.41) is 19.3. The fraction of sp³-hybridized carbons (Fsp3) is 0.231. The molecule has 36 heavy (non-hydrogen) atoms. The van der Waals surface area contributed by atoms with Gasteiger partial charge in [-0.3, -0.25) is 19.4 Å². The molecule has 6 nitrogen and oxygen atoms in total. The number of hydrogen-bond donors (Lipinski definition) is 2. The summed E-state index contributed by atoms with van der Waals surface area (Å²) >= 11 is 13.4. The maximum atomic E-state index is 12.8. The van der Waals surface area contributed by atoms with E-state index >= 15 is 0 Å². The zero-order chi connectivity index (χ0) is 25.7. The van der Waals surface area contributed by atoms with E-state index in [1.807, 2.05) is 12.1 Å². The number of amides is 2. The van der Waals surface area contributed by atoms with Crippen molar-refractivity contribution in [3.8, 4) is 11.5 Å². The highest BCUT2D eigenvalue weighted by Crippen LogP contribution is 2.34. The van der Waals surface area contributed by atoms with Crippen LogP contribution in [-0.2, 0) is 9.59 Å². The first-order valence-electron chi connectivity index (χ1n) is 11.4. The lowest BCUT2D eigenvalue weighted by atomic mass is 10.1. The van der Waals surface area contributed by atoms with E-state index in [2.05, 4.69) is 0 Å². The van der Waals surface area contributed by atoms with Crippen LogP contribution in [0.4, 0.5) is 0 Å². The van der Waals surface area contributed by atoms with Crippen LogP contribution in [0.15, 0.2) is 58.3 Å². The van der Waals surface area contributed by atoms with Gasteiger partial charge in [-0.25, -0.2) is 0 Å². The molecule has 2 N–H and O–H groups in total. The van der Waals surface area contributed by atoms with Crippen molar-refractivity contribution in [2.45, 2.75) is 25.7 Å². The minimum atomic E-state index is -0.107. The number of thioether (sulfide) groups is 2. The van der Waals surface area contributed by atoms with E-state index in [-0.39, 0.29) is 23.3 Å². The Morgan fingerprint density at radius 2 is 1.11 bits per heavy atom. The molecule has 0 unspecified atom stereocenters. The second kappa shape index (κ2) is 12.1. The van der Waals surface area contributed by atoms with Crippen LogP contribution < -0.4 is 0 Å². The van der Waals surface area contributed by atoms with Crippen LogP contribution in [-0.4, -0.2) is 53.6 Å². The average molecular weight is 557 g/mol. The van der Waals surface area contributed by atoms with E-state index in [4.69, 9.17) is 24.4 Å². The number of hydrogen-bond acceptors (Lipinski definition) is 8. The zero-order valence-electron chi connectivity index (χ0n) is 19.3. The molecule has 0 aliphatic carbocycles. The van der Waals surface area contributed by atoms with Gasteiger partial charge in [0, 0.05) is 13.1 Å². The van der Waals surface area contributed by atoms with Gasteiger partial charge in [-0.15, -0.1) is 0 Å². The maximum Gasteiger partial charge on any atom is 0.266 e. The van der Waals surface area contributed by atoms with Crippen molar-refractivity contribution in [2.75, 3.05) is 13.1 Å². The van der Waals surface area contributed by atoms with Crippen LogP contribution >= 0.6 is 48.0 Å². The highest BCUT2D eigenvalue weighted by Gasteiger charge is 2.32. The van der Waals surface area contributed by atoms with E-state index in [1.165, 1.54) is 23.5 Å². The van der Waals surface area contributed by atoms with Gasteiger partial charge in [0.15, 0.2) is 0 Å². The van der Waals surface area contributed by atoms with E-state index in [1.54, 1.807) is 58.4 Å². The molecule has 0 spiro atoms. The Hall–Kier alpha value is -2.66. The molecule has 2 heterocycles. The van der Waals surface area contributed by atoms with Crippen molar-refractivity contribution < 1.29 is 19.8 Å². The van der Waals surface area contributed by atoms with Crippen molar-refractivity contribution in [1.82, 2.24) is 9.80 Å². The maximum absolute atomic E-state index is 12.8. The number of thiocarbonyl (C=S) groups is 2. The fourth-order valence-corrected chi connectivity index (χ4v) is 6.43. The molecule has 0 radical (unpaired) electrons. The van der Waals surface area contributed by atoms with Crippen LogP contribution in [0.2, 0.25) is 0 Å². The van der Waals surface area contributed by atoms with E-state index < -0.39 is 0 Å². The summed E-state index contributed by atoms with van der Waals surface area (Å²) in [6.45, 7) is 1.10. The minimum Gasteiger partial charge on any atom is -0.508 e. The molecule has 0 bridgehead atoms. The van der Waals surface area contributed by atoms with Crippen molar-refractivity contribution >= 4 is 80.6 Å². The summed E-state index contributed by atoms with van der Waals surface area (Å²) in [5.41, 5.74) is 1.51. The number of unbranched alkanes of at least 4 members (excludes halogenated alkanes) is 3. The van der Waals surface area contributed by atoms with Gasteiger partial charge in [-0.2, -0.15) is 0 Å². The summed E-state index contributed by atoms with van der Waals surface area (Å²) in [4.78, 5) is 29.9. The van der Waals surface area contributed by atoms with Gasteiger partial charge in [-0.1, -0.05) is 85.1 Å². The monoisotopic (exact) mass is 556 g/mol. The molecule has 2 fully saturated rings. The molecule has 2 saturated heterocycles. The third-order valence-corrected chi connectivity index (χ3v) is 8.35. The highest BCUT2D eigenvalue weighted by atomic mass is 32.2. The van der Waals surface area contributed by atoms with Crippen LogP contribution in [0.5, 0.6) is 11.5 Å². The van der Waals surface area contributed by atoms with Crippen LogP contribution in [0.3, 0.4) is 0 Å². The van der Waals surface area contributed by atoms with Crippen LogP contribution in [0.1, 0.15) is 36.8 Å². The van der Waals surface area contributed by atoms with Gasteiger partial charge in [0.05, 0.1) is 9.81 Å². The molecule has 0 atom stereocenters. The van der Waals surface area contributed by atoms with Crippen molar-refractivity contribution in [3.63, 3.8) is 0 Å². The molecule has 0 aromatic heterocycles. The van der Waals surface area contributed by atoms with Gasteiger partial charge in [-0.05, 0) is 60.4 Å². The largest absolute Gasteiger partial charge is 0.508 e. The zero-order valence-corrected chi connectivity index (χ0v) is 22.5. The van der Waals surface area contributed by atoms with Crippen LogP contribution in [0, 0.1) is 0 Å². The van der Waals surface area contributed by atoms with Gasteiger partial charge < -0.3 is 10.2 Å². The molecule has 0 saturated carbocycles. The first kappa shape index (κ1) is 26.4. The number of carbonyl (C=O) groups excluding carboxylic acids is 2. The smallest absolute Gasteiger partial charge is 0.266 e. The Kier molecular flexibility index (Phi) is 8.84. The lowest BCUT2D eigenvalue weighted by Gasteiger charge is -2.15. The summed E-state index contributed by atoms with van der Waals surface area (Å²) in [5.74, 6) is 0.0877. The van der Waals surface area contributed by atoms with E-state index in [0.717, 1.165) is 36.8 Å². The quantitative estimate of drug-likeness (QED) is 0.229. The fourth-order valence-electron chi connectivity index (χ4n) is 3.81. The molecule has 2 aliphatic rings. The number of nitrogens with zero attached hydrogens (tertiary/aromatic N) is 2. The SMILES string of the molecule is O=C1/C(=C\c2cccc(O)c2)SC(=S)N1CCCCCCN1C(=O)/C(=C\c2cccc(O)c2)SC1=S. The number of aromatic hydroxyl groups is 2. The lowest BCUT2D eigenvalue weighted by Crippen LogP contribution is -2.29. The molecule has 2 aromatic rings. The molecule has 4 rings (SSSR count). The van der Waals surface area contributed by atoms with E-state index in [9.17, 15) is 19.8 Å². The number of benzene rings is 2. The van der Waals surface area contributed by atoms with Crippen molar-refractivity contribution in [3.05, 3.63) is 69.5 Å².